The lowest BCUT2D eigenvalue weighted by Gasteiger charge is -2.28. The molecule has 5 nitrogen and oxygen atoms in total. The minimum Gasteiger partial charge on any atom is -0.333 e. The van der Waals surface area contributed by atoms with E-state index in [0.29, 0.717) is 18.0 Å². The van der Waals surface area contributed by atoms with E-state index >= 15 is 0 Å². The van der Waals surface area contributed by atoms with Crippen molar-refractivity contribution in [2.45, 2.75) is 32.2 Å². The number of carbonyl (C=O) groups is 1. The van der Waals surface area contributed by atoms with Gasteiger partial charge in [-0.3, -0.25) is 9.78 Å². The zero-order valence-electron chi connectivity index (χ0n) is 12.0. The molecule has 1 unspecified atom stereocenters. The molecule has 7 heteroatoms. The number of rotatable bonds is 5. The third-order valence-corrected chi connectivity index (χ3v) is 5.59. The quantitative estimate of drug-likeness (QED) is 0.829. The van der Waals surface area contributed by atoms with Gasteiger partial charge in [0.2, 0.25) is 0 Å². The third-order valence-electron chi connectivity index (χ3n) is 3.60. The van der Waals surface area contributed by atoms with Crippen molar-refractivity contribution in [1.29, 1.82) is 0 Å². The molecule has 1 aliphatic rings. The molecule has 116 valence electrons. The Morgan fingerprint density at radius 3 is 2.86 bits per heavy atom. The average molecular weight is 331 g/mol. The SMILES string of the molecule is CCCCN(C(=O)c1cc(Cl)ccn1)C1CCS(=O)(=O)C1. The lowest BCUT2D eigenvalue weighted by Crippen LogP contribution is -2.42. The van der Waals surface area contributed by atoms with Gasteiger partial charge in [-0.05, 0) is 25.0 Å². The van der Waals surface area contributed by atoms with E-state index in [4.69, 9.17) is 11.6 Å². The van der Waals surface area contributed by atoms with Crippen molar-refractivity contribution < 1.29 is 13.2 Å². The van der Waals surface area contributed by atoms with Gasteiger partial charge in [0.05, 0.1) is 11.5 Å². The second-order valence-electron chi connectivity index (χ2n) is 5.27. The van der Waals surface area contributed by atoms with Crippen molar-refractivity contribution in [2.24, 2.45) is 0 Å². The van der Waals surface area contributed by atoms with Gasteiger partial charge in [0, 0.05) is 23.8 Å². The first-order chi connectivity index (χ1) is 9.93. The number of aromatic nitrogens is 1. The molecule has 1 atom stereocenters. The first-order valence-corrected chi connectivity index (χ1v) is 9.26. The van der Waals surface area contributed by atoms with E-state index in [2.05, 4.69) is 4.98 Å². The summed E-state index contributed by atoms with van der Waals surface area (Å²) in [4.78, 5) is 18.3. The summed E-state index contributed by atoms with van der Waals surface area (Å²) in [6.07, 6.45) is 3.76. The summed E-state index contributed by atoms with van der Waals surface area (Å²) < 4.78 is 23.3. The maximum Gasteiger partial charge on any atom is 0.272 e. The van der Waals surface area contributed by atoms with E-state index in [0.717, 1.165) is 12.8 Å². The van der Waals surface area contributed by atoms with Crippen LogP contribution in [0.25, 0.3) is 0 Å². The number of pyridine rings is 1. The standard InChI is InChI=1S/C14H19ClN2O3S/c1-2-3-7-17(12-5-8-21(19,20)10-12)14(18)13-9-11(15)4-6-16-13/h4,6,9,12H,2-3,5,7-8,10H2,1H3. The van der Waals surface area contributed by atoms with E-state index in [9.17, 15) is 13.2 Å². The van der Waals surface area contributed by atoms with E-state index in [1.54, 1.807) is 11.0 Å². The Hall–Kier alpha value is -1.14. The summed E-state index contributed by atoms with van der Waals surface area (Å²) in [5.41, 5.74) is 0.267. The van der Waals surface area contributed by atoms with E-state index in [-0.39, 0.29) is 29.1 Å². The monoisotopic (exact) mass is 330 g/mol. The first kappa shape index (κ1) is 16.2. The van der Waals surface area contributed by atoms with Gasteiger partial charge >= 0.3 is 0 Å². The molecule has 1 amide bonds. The highest BCUT2D eigenvalue weighted by atomic mass is 35.5. The van der Waals surface area contributed by atoms with Crippen LogP contribution in [0.15, 0.2) is 18.3 Å². The van der Waals surface area contributed by atoms with Crippen LogP contribution >= 0.6 is 11.6 Å². The molecule has 0 aromatic carbocycles. The summed E-state index contributed by atoms with van der Waals surface area (Å²) >= 11 is 5.90. The van der Waals surface area contributed by atoms with Gasteiger partial charge in [-0.25, -0.2) is 8.42 Å². The average Bonchev–Trinajstić information content (AvgIpc) is 2.79. The van der Waals surface area contributed by atoms with Crippen LogP contribution in [0.2, 0.25) is 5.02 Å². The highest BCUT2D eigenvalue weighted by Gasteiger charge is 2.35. The van der Waals surface area contributed by atoms with Crippen LogP contribution in [0.1, 0.15) is 36.7 Å². The highest BCUT2D eigenvalue weighted by molar-refractivity contribution is 7.91. The summed E-state index contributed by atoms with van der Waals surface area (Å²) in [6.45, 7) is 2.58. The van der Waals surface area contributed by atoms with Crippen LogP contribution in [0.3, 0.4) is 0 Å². The summed E-state index contributed by atoms with van der Waals surface area (Å²) in [5, 5.41) is 0.447. The van der Waals surface area contributed by atoms with Crippen LogP contribution < -0.4 is 0 Å². The van der Waals surface area contributed by atoms with Gasteiger partial charge in [-0.1, -0.05) is 24.9 Å². The summed E-state index contributed by atoms with van der Waals surface area (Å²) in [6, 6.07) is 2.87. The molecule has 21 heavy (non-hydrogen) atoms. The van der Waals surface area contributed by atoms with Gasteiger partial charge in [0.25, 0.3) is 5.91 Å². The second-order valence-corrected chi connectivity index (χ2v) is 7.93. The number of sulfone groups is 1. The number of hydrogen-bond donors (Lipinski definition) is 0. The lowest BCUT2D eigenvalue weighted by atomic mass is 10.1. The number of nitrogens with zero attached hydrogens (tertiary/aromatic N) is 2. The minimum atomic E-state index is -3.03. The number of halogens is 1. The normalized spacial score (nSPS) is 20.4. The fraction of sp³-hybridized carbons (Fsp3) is 0.571. The number of carbonyl (C=O) groups excluding carboxylic acids is 1. The first-order valence-electron chi connectivity index (χ1n) is 7.06. The maximum atomic E-state index is 12.6. The van der Waals surface area contributed by atoms with E-state index in [1.807, 2.05) is 6.92 Å². The van der Waals surface area contributed by atoms with Crippen LogP contribution in [-0.2, 0) is 9.84 Å². The van der Waals surface area contributed by atoms with Crippen LogP contribution in [0, 0.1) is 0 Å². The van der Waals surface area contributed by atoms with Crippen molar-refractivity contribution >= 4 is 27.3 Å². The molecule has 0 aliphatic carbocycles. The molecule has 1 aromatic rings. The Labute approximate surface area is 130 Å². The Balaban J connectivity index is 2.21. The molecule has 0 bridgehead atoms. The van der Waals surface area contributed by atoms with E-state index < -0.39 is 9.84 Å². The molecule has 0 saturated carbocycles. The molecule has 1 aliphatic heterocycles. The van der Waals surface area contributed by atoms with Gasteiger partial charge in [0.15, 0.2) is 9.84 Å². The third kappa shape index (κ3) is 4.17. The maximum absolute atomic E-state index is 12.6. The number of unbranched alkanes of at least 4 members (excludes halogenated alkanes) is 1. The Bertz CT molecular complexity index is 618. The fourth-order valence-corrected chi connectivity index (χ4v) is 4.36. The lowest BCUT2D eigenvalue weighted by molar-refractivity contribution is 0.0688. The van der Waals surface area contributed by atoms with Crippen molar-refractivity contribution in [2.75, 3.05) is 18.1 Å². The Morgan fingerprint density at radius 1 is 1.52 bits per heavy atom. The molecular weight excluding hydrogens is 312 g/mol. The zero-order valence-corrected chi connectivity index (χ0v) is 13.5. The second kappa shape index (κ2) is 6.75. The van der Waals surface area contributed by atoms with Crippen LogP contribution in [0.4, 0.5) is 0 Å². The summed E-state index contributed by atoms with van der Waals surface area (Å²) in [7, 11) is -3.03. The molecule has 0 radical (unpaired) electrons. The molecule has 1 fully saturated rings. The molecule has 1 aromatic heterocycles. The topological polar surface area (TPSA) is 67.3 Å². The zero-order chi connectivity index (χ0) is 15.5. The smallest absolute Gasteiger partial charge is 0.272 e. The Kier molecular flexibility index (Phi) is 5.22. The number of hydrogen-bond acceptors (Lipinski definition) is 4. The van der Waals surface area contributed by atoms with Crippen molar-refractivity contribution in [3.05, 3.63) is 29.0 Å². The predicted molar refractivity (Wildman–Crippen MR) is 82.3 cm³/mol. The van der Waals surface area contributed by atoms with Crippen molar-refractivity contribution in [1.82, 2.24) is 9.88 Å². The predicted octanol–water partition coefficient (Wildman–Crippen LogP) is 2.16. The fourth-order valence-electron chi connectivity index (χ4n) is 2.47. The largest absolute Gasteiger partial charge is 0.333 e. The van der Waals surface area contributed by atoms with Crippen molar-refractivity contribution in [3.63, 3.8) is 0 Å². The highest BCUT2D eigenvalue weighted by Crippen LogP contribution is 2.21. The van der Waals surface area contributed by atoms with Crippen LogP contribution in [-0.4, -0.2) is 48.3 Å². The van der Waals surface area contributed by atoms with Gasteiger partial charge in [-0.15, -0.1) is 0 Å². The molecule has 0 spiro atoms. The van der Waals surface area contributed by atoms with Gasteiger partial charge in [-0.2, -0.15) is 0 Å². The molecule has 2 heterocycles. The van der Waals surface area contributed by atoms with Crippen LogP contribution in [0.5, 0.6) is 0 Å². The summed E-state index contributed by atoms with van der Waals surface area (Å²) in [5.74, 6) is -0.0485. The number of amides is 1. The van der Waals surface area contributed by atoms with Gasteiger partial charge in [0.1, 0.15) is 5.69 Å². The van der Waals surface area contributed by atoms with E-state index in [1.165, 1.54) is 12.3 Å². The molecule has 2 rings (SSSR count). The molecule has 1 saturated heterocycles. The Morgan fingerprint density at radius 2 is 2.29 bits per heavy atom. The molecular formula is C14H19ClN2O3S. The van der Waals surface area contributed by atoms with Crippen molar-refractivity contribution in [3.8, 4) is 0 Å². The van der Waals surface area contributed by atoms with Gasteiger partial charge < -0.3 is 4.90 Å². The molecule has 0 N–H and O–H groups in total. The minimum absolute atomic E-state index is 0.0447.